The van der Waals surface area contributed by atoms with Crippen LogP contribution in [-0.2, 0) is 34.9 Å². The topological polar surface area (TPSA) is 159 Å². The third-order valence-electron chi connectivity index (χ3n) is 6.96. The summed E-state index contributed by atoms with van der Waals surface area (Å²) in [4.78, 5) is 49.3. The van der Waals surface area contributed by atoms with Crippen LogP contribution >= 0.6 is 0 Å². The van der Waals surface area contributed by atoms with Gasteiger partial charge in [-0.25, -0.2) is 14.4 Å². The summed E-state index contributed by atoms with van der Waals surface area (Å²) < 4.78 is 36.9. The number of esters is 1. The van der Waals surface area contributed by atoms with E-state index in [2.05, 4.69) is 0 Å². The van der Waals surface area contributed by atoms with Gasteiger partial charge in [-0.15, -0.1) is 0 Å². The predicted octanol–water partition coefficient (Wildman–Crippen LogP) is 5.99. The van der Waals surface area contributed by atoms with Gasteiger partial charge in [-0.3, -0.25) is 4.79 Å². The van der Waals surface area contributed by atoms with Crippen LogP contribution in [0.5, 0.6) is 11.5 Å². The third kappa shape index (κ3) is 12.1. The standard InChI is InChI=1S/C30H45NO11/c1-7-18(3)36-28(33)41-25-15-14-22(17-26(25)42-29(34)37-19(4)8-2)16-24(31)27(32)38-20(5)21(6)39-30(35)40-23-12-10-9-11-13-23/h14-15,17-21,23-24H,7-13,16,31H2,1-6H3/t18-,19?,20?,21?,24-/m0/s1. The molecule has 0 spiro atoms. The Hall–Kier alpha value is -3.54. The molecule has 0 bridgehead atoms. The van der Waals surface area contributed by atoms with Gasteiger partial charge < -0.3 is 38.9 Å². The lowest BCUT2D eigenvalue weighted by molar-refractivity contribution is -0.155. The molecule has 2 rings (SSSR count). The average molecular weight is 596 g/mol. The summed E-state index contributed by atoms with van der Waals surface area (Å²) in [7, 11) is 0. The fraction of sp³-hybridized carbons (Fsp3) is 0.667. The number of carbonyl (C=O) groups is 4. The van der Waals surface area contributed by atoms with Crippen molar-refractivity contribution in [3.05, 3.63) is 23.8 Å². The van der Waals surface area contributed by atoms with E-state index in [4.69, 9.17) is 38.9 Å². The summed E-state index contributed by atoms with van der Waals surface area (Å²) in [6.45, 7) is 10.3. The first kappa shape index (κ1) is 34.7. The van der Waals surface area contributed by atoms with Crippen LogP contribution in [0, 0.1) is 0 Å². The van der Waals surface area contributed by atoms with Crippen LogP contribution in [-0.4, -0.2) is 61.0 Å². The highest BCUT2D eigenvalue weighted by molar-refractivity contribution is 5.76. The van der Waals surface area contributed by atoms with Crippen LogP contribution in [0.25, 0.3) is 0 Å². The molecule has 0 saturated heterocycles. The predicted molar refractivity (Wildman–Crippen MR) is 151 cm³/mol. The van der Waals surface area contributed by atoms with Crippen molar-refractivity contribution in [1.82, 2.24) is 0 Å². The molecule has 0 aliphatic heterocycles. The van der Waals surface area contributed by atoms with Gasteiger partial charge in [0.1, 0.15) is 36.6 Å². The van der Waals surface area contributed by atoms with Crippen LogP contribution in [0.3, 0.4) is 0 Å². The minimum Gasteiger partial charge on any atom is -0.458 e. The molecular formula is C30H45NO11. The monoisotopic (exact) mass is 595 g/mol. The lowest BCUT2D eigenvalue weighted by Gasteiger charge is -2.25. The van der Waals surface area contributed by atoms with Gasteiger partial charge in [0.15, 0.2) is 11.5 Å². The van der Waals surface area contributed by atoms with E-state index in [-0.39, 0.29) is 30.1 Å². The van der Waals surface area contributed by atoms with Gasteiger partial charge in [0, 0.05) is 0 Å². The van der Waals surface area contributed by atoms with Crippen molar-refractivity contribution < 1.29 is 52.3 Å². The summed E-state index contributed by atoms with van der Waals surface area (Å²) in [5.74, 6) is -0.923. The third-order valence-corrected chi connectivity index (χ3v) is 6.96. The van der Waals surface area contributed by atoms with Crippen LogP contribution < -0.4 is 15.2 Å². The van der Waals surface area contributed by atoms with Crippen molar-refractivity contribution >= 4 is 24.4 Å². The van der Waals surface area contributed by atoms with Crippen LogP contribution in [0.4, 0.5) is 14.4 Å². The molecule has 2 N–H and O–H groups in total. The zero-order valence-corrected chi connectivity index (χ0v) is 25.4. The number of hydrogen-bond donors (Lipinski definition) is 1. The van der Waals surface area contributed by atoms with E-state index in [0.717, 1.165) is 32.1 Å². The molecule has 1 saturated carbocycles. The zero-order valence-electron chi connectivity index (χ0n) is 25.4. The molecule has 3 unspecified atom stereocenters. The Kier molecular flexibility index (Phi) is 14.4. The maximum absolute atomic E-state index is 12.7. The number of nitrogens with two attached hydrogens (primary N) is 1. The first-order valence-corrected chi connectivity index (χ1v) is 14.6. The molecule has 42 heavy (non-hydrogen) atoms. The summed E-state index contributed by atoms with van der Waals surface area (Å²) in [6.07, 6.45) is 0.686. The highest BCUT2D eigenvalue weighted by atomic mass is 16.8. The minimum absolute atomic E-state index is 0.00111. The maximum Gasteiger partial charge on any atom is 0.514 e. The molecule has 12 nitrogen and oxygen atoms in total. The van der Waals surface area contributed by atoms with Gasteiger partial charge in [0.05, 0.1) is 0 Å². The number of rotatable bonds is 13. The molecule has 5 atom stereocenters. The van der Waals surface area contributed by atoms with E-state index in [9.17, 15) is 19.2 Å². The van der Waals surface area contributed by atoms with E-state index in [0.29, 0.717) is 18.4 Å². The second-order valence-electron chi connectivity index (χ2n) is 10.6. The number of carbonyl (C=O) groups excluding carboxylic acids is 4. The Morgan fingerprint density at radius 1 is 0.762 bits per heavy atom. The molecule has 1 aromatic carbocycles. The fourth-order valence-electron chi connectivity index (χ4n) is 3.86. The van der Waals surface area contributed by atoms with Crippen LogP contribution in [0.2, 0.25) is 0 Å². The van der Waals surface area contributed by atoms with Gasteiger partial charge in [0.25, 0.3) is 0 Å². The maximum atomic E-state index is 12.7. The normalized spacial score (nSPS) is 17.0. The largest absolute Gasteiger partial charge is 0.514 e. The van der Waals surface area contributed by atoms with Gasteiger partial charge in [-0.1, -0.05) is 26.3 Å². The molecular weight excluding hydrogens is 550 g/mol. The first-order valence-electron chi connectivity index (χ1n) is 14.6. The highest BCUT2D eigenvalue weighted by Gasteiger charge is 2.27. The van der Waals surface area contributed by atoms with E-state index < -0.39 is 48.8 Å². The van der Waals surface area contributed by atoms with Crippen molar-refractivity contribution in [2.45, 2.75) is 129 Å². The second-order valence-corrected chi connectivity index (χ2v) is 10.6. The lowest BCUT2D eigenvalue weighted by Crippen LogP contribution is -2.39. The van der Waals surface area contributed by atoms with Gasteiger partial charge in [0.2, 0.25) is 0 Å². The Morgan fingerprint density at radius 2 is 1.31 bits per heavy atom. The molecule has 1 aliphatic rings. The van der Waals surface area contributed by atoms with Crippen molar-refractivity contribution in [3.8, 4) is 11.5 Å². The van der Waals surface area contributed by atoms with E-state index in [1.807, 2.05) is 13.8 Å². The molecule has 1 fully saturated rings. The highest BCUT2D eigenvalue weighted by Crippen LogP contribution is 2.30. The van der Waals surface area contributed by atoms with Crippen molar-refractivity contribution in [3.63, 3.8) is 0 Å². The van der Waals surface area contributed by atoms with Crippen molar-refractivity contribution in [2.24, 2.45) is 5.73 Å². The van der Waals surface area contributed by atoms with E-state index in [1.165, 1.54) is 12.1 Å². The summed E-state index contributed by atoms with van der Waals surface area (Å²) in [5.41, 5.74) is 6.59. The summed E-state index contributed by atoms with van der Waals surface area (Å²) >= 11 is 0. The first-order chi connectivity index (χ1) is 19.9. The summed E-state index contributed by atoms with van der Waals surface area (Å²) in [6, 6.07) is 3.26. The minimum atomic E-state index is -1.10. The van der Waals surface area contributed by atoms with Crippen LogP contribution in [0.15, 0.2) is 18.2 Å². The lowest BCUT2D eigenvalue weighted by atomic mass is 9.98. The molecule has 0 heterocycles. The number of hydrogen-bond acceptors (Lipinski definition) is 12. The van der Waals surface area contributed by atoms with E-state index >= 15 is 0 Å². The smallest absolute Gasteiger partial charge is 0.458 e. The fourth-order valence-corrected chi connectivity index (χ4v) is 3.86. The molecule has 1 aliphatic carbocycles. The molecule has 1 aromatic rings. The Labute approximate surface area is 247 Å². The summed E-state index contributed by atoms with van der Waals surface area (Å²) in [5, 5.41) is 0. The Balaban J connectivity index is 2.01. The quantitative estimate of drug-likeness (QED) is 0.161. The van der Waals surface area contributed by atoms with E-state index in [1.54, 1.807) is 33.8 Å². The number of ether oxygens (including phenoxy) is 7. The second kappa shape index (κ2) is 17.4. The molecule has 236 valence electrons. The van der Waals surface area contributed by atoms with Crippen molar-refractivity contribution in [2.75, 3.05) is 0 Å². The Morgan fingerprint density at radius 3 is 1.88 bits per heavy atom. The van der Waals surface area contributed by atoms with Crippen LogP contribution in [0.1, 0.15) is 92.1 Å². The van der Waals surface area contributed by atoms with Gasteiger partial charge in [-0.2, -0.15) is 0 Å². The Bertz CT molecular complexity index is 1040. The zero-order chi connectivity index (χ0) is 31.2. The molecule has 12 heteroatoms. The SMILES string of the molecule is CCC(C)OC(=O)Oc1cc(C[C@H](N)C(=O)OC(C)C(C)OC(=O)OC2CCCCC2)ccc1OC(=O)O[C@@H](C)CC. The van der Waals surface area contributed by atoms with Gasteiger partial charge >= 0.3 is 24.4 Å². The molecule has 0 amide bonds. The molecule has 0 radical (unpaired) electrons. The van der Waals surface area contributed by atoms with Gasteiger partial charge in [-0.05, 0) is 90.3 Å². The average Bonchev–Trinajstić information content (AvgIpc) is 2.94. The number of benzene rings is 1. The van der Waals surface area contributed by atoms with Crippen molar-refractivity contribution in [1.29, 1.82) is 0 Å². The molecule has 0 aromatic heterocycles.